The standard InChI is InChI=1S/C32H25F2N5O4/c1-18-29(32(41)39(38(18)2)22-9-6-20(33)7-10-22)31(40)36-21-8-13-28(25(34)16-21)43-27-14-15-35-30-24(27)17-26(37-30)19-4-11-23(42-3)12-5-19/h4-17H,1-3H3,(H,35,37)(H,36,40). The van der Waals surface area contributed by atoms with Crippen molar-refractivity contribution in [1.82, 2.24) is 19.3 Å². The first-order chi connectivity index (χ1) is 20.7. The van der Waals surface area contributed by atoms with Gasteiger partial charge in [-0.15, -0.1) is 0 Å². The molecule has 0 unspecified atom stereocenters. The van der Waals surface area contributed by atoms with Crippen LogP contribution in [0.15, 0.2) is 89.9 Å². The molecule has 2 N–H and O–H groups in total. The van der Waals surface area contributed by atoms with Crippen LogP contribution >= 0.6 is 0 Å². The van der Waals surface area contributed by atoms with E-state index in [9.17, 15) is 14.0 Å². The van der Waals surface area contributed by atoms with Crippen LogP contribution in [0.1, 0.15) is 16.1 Å². The summed E-state index contributed by atoms with van der Waals surface area (Å²) in [6, 6.07) is 20.3. The van der Waals surface area contributed by atoms with Crippen LogP contribution in [0.25, 0.3) is 28.0 Å². The number of rotatable bonds is 7. The molecule has 1 amide bonds. The van der Waals surface area contributed by atoms with E-state index in [1.807, 2.05) is 30.3 Å². The largest absolute Gasteiger partial charge is 0.497 e. The van der Waals surface area contributed by atoms with Crippen LogP contribution in [0.5, 0.6) is 17.2 Å². The summed E-state index contributed by atoms with van der Waals surface area (Å²) in [5.74, 6) is -0.818. The second-order valence-corrected chi connectivity index (χ2v) is 9.76. The minimum atomic E-state index is -0.720. The van der Waals surface area contributed by atoms with Crippen molar-refractivity contribution in [3.63, 3.8) is 0 Å². The molecular weight excluding hydrogens is 556 g/mol. The summed E-state index contributed by atoms with van der Waals surface area (Å²) < 4.78 is 42.5. The molecule has 0 aliphatic rings. The van der Waals surface area contributed by atoms with Crippen LogP contribution in [0.2, 0.25) is 0 Å². The highest BCUT2D eigenvalue weighted by Crippen LogP contribution is 2.34. The van der Waals surface area contributed by atoms with Gasteiger partial charge in [-0.25, -0.2) is 18.4 Å². The van der Waals surface area contributed by atoms with Crippen molar-refractivity contribution in [3.8, 4) is 34.2 Å². The first-order valence-corrected chi connectivity index (χ1v) is 13.2. The summed E-state index contributed by atoms with van der Waals surface area (Å²) in [5, 5.41) is 3.24. The van der Waals surface area contributed by atoms with Gasteiger partial charge < -0.3 is 19.8 Å². The average molecular weight is 582 g/mol. The van der Waals surface area contributed by atoms with Crippen molar-refractivity contribution in [2.24, 2.45) is 7.05 Å². The zero-order chi connectivity index (χ0) is 30.2. The fourth-order valence-electron chi connectivity index (χ4n) is 4.83. The Morgan fingerprint density at radius 1 is 0.953 bits per heavy atom. The summed E-state index contributed by atoms with van der Waals surface area (Å²) in [4.78, 5) is 33.9. The number of anilines is 1. The maximum absolute atomic E-state index is 15.2. The lowest BCUT2D eigenvalue weighted by atomic mass is 10.1. The summed E-state index contributed by atoms with van der Waals surface area (Å²) in [6.45, 7) is 1.62. The smallest absolute Gasteiger partial charge is 0.284 e. The molecule has 3 aromatic heterocycles. The number of benzene rings is 3. The number of fused-ring (bicyclic) bond motifs is 1. The normalized spacial score (nSPS) is 11.1. The van der Waals surface area contributed by atoms with Gasteiger partial charge in [-0.1, -0.05) is 0 Å². The molecule has 9 nitrogen and oxygen atoms in total. The maximum atomic E-state index is 15.2. The average Bonchev–Trinajstić information content (AvgIpc) is 3.54. The van der Waals surface area contributed by atoms with Crippen LogP contribution in [0, 0.1) is 18.6 Å². The van der Waals surface area contributed by atoms with Crippen molar-refractivity contribution >= 4 is 22.6 Å². The molecule has 0 bridgehead atoms. The van der Waals surface area contributed by atoms with Gasteiger partial charge in [0.05, 0.1) is 23.9 Å². The Bertz CT molecular complexity index is 2040. The quantitative estimate of drug-likeness (QED) is 0.228. The van der Waals surface area contributed by atoms with E-state index in [1.54, 1.807) is 33.3 Å². The Morgan fingerprint density at radius 3 is 2.40 bits per heavy atom. The number of aromatic nitrogens is 4. The molecule has 0 aliphatic carbocycles. The molecular formula is C32H25F2N5O4. The number of hydrogen-bond donors (Lipinski definition) is 2. The zero-order valence-corrected chi connectivity index (χ0v) is 23.3. The predicted molar refractivity (Wildman–Crippen MR) is 158 cm³/mol. The molecule has 3 heterocycles. The molecule has 0 radical (unpaired) electrons. The van der Waals surface area contributed by atoms with Gasteiger partial charge in [0, 0.05) is 30.7 Å². The highest BCUT2D eigenvalue weighted by Gasteiger charge is 2.23. The molecule has 0 aliphatic heterocycles. The molecule has 3 aromatic carbocycles. The number of nitrogens with one attached hydrogen (secondary N) is 2. The van der Waals surface area contributed by atoms with E-state index < -0.39 is 23.1 Å². The lowest BCUT2D eigenvalue weighted by Crippen LogP contribution is -2.25. The number of nitrogens with zero attached hydrogens (tertiary/aromatic N) is 3. The molecule has 0 spiro atoms. The number of carbonyl (C=O) groups is 1. The third kappa shape index (κ3) is 5.12. The highest BCUT2D eigenvalue weighted by molar-refractivity contribution is 6.05. The van der Waals surface area contributed by atoms with Gasteiger partial charge >= 0.3 is 0 Å². The van der Waals surface area contributed by atoms with Crippen LogP contribution in [0.3, 0.4) is 0 Å². The number of amides is 1. The van der Waals surface area contributed by atoms with Crippen LogP contribution in [0.4, 0.5) is 14.5 Å². The number of methoxy groups -OCH3 is 1. The van der Waals surface area contributed by atoms with Crippen molar-refractivity contribution in [2.75, 3.05) is 12.4 Å². The number of pyridine rings is 1. The van der Waals surface area contributed by atoms with Gasteiger partial charge in [0.15, 0.2) is 11.6 Å². The van der Waals surface area contributed by atoms with Gasteiger partial charge in [0.1, 0.15) is 28.5 Å². The second kappa shape index (κ2) is 10.9. The van der Waals surface area contributed by atoms with E-state index >= 15 is 4.39 Å². The van der Waals surface area contributed by atoms with E-state index in [0.717, 1.165) is 23.1 Å². The fraction of sp³-hybridized carbons (Fsp3) is 0.0938. The Hall–Kier alpha value is -5.71. The molecule has 6 rings (SSSR count). The van der Waals surface area contributed by atoms with Crippen molar-refractivity contribution in [3.05, 3.63) is 118 Å². The maximum Gasteiger partial charge on any atom is 0.284 e. The SMILES string of the molecule is COc1ccc(-c2cc3c(Oc4ccc(NC(=O)c5c(C)n(C)n(-c6ccc(F)cc6)c5=O)cc4F)ccnc3[nH]2)cc1. The van der Waals surface area contributed by atoms with Crippen molar-refractivity contribution in [1.29, 1.82) is 0 Å². The molecule has 11 heteroatoms. The van der Waals surface area contributed by atoms with Crippen LogP contribution < -0.4 is 20.3 Å². The number of aromatic amines is 1. The van der Waals surface area contributed by atoms with E-state index in [2.05, 4.69) is 15.3 Å². The Labute approximate surface area is 243 Å². The number of carbonyl (C=O) groups excluding carboxylic acids is 1. The third-order valence-corrected chi connectivity index (χ3v) is 7.15. The molecule has 6 aromatic rings. The highest BCUT2D eigenvalue weighted by atomic mass is 19.1. The number of H-pyrrole nitrogens is 1. The van der Waals surface area contributed by atoms with E-state index in [4.69, 9.17) is 9.47 Å². The molecule has 0 atom stereocenters. The first-order valence-electron chi connectivity index (χ1n) is 13.2. The lowest BCUT2D eigenvalue weighted by Gasteiger charge is -2.10. The predicted octanol–water partition coefficient (Wildman–Crippen LogP) is 6.36. The third-order valence-electron chi connectivity index (χ3n) is 7.15. The summed E-state index contributed by atoms with van der Waals surface area (Å²) >= 11 is 0. The second-order valence-electron chi connectivity index (χ2n) is 9.76. The van der Waals surface area contributed by atoms with Gasteiger partial charge in [0.25, 0.3) is 11.5 Å². The van der Waals surface area contributed by atoms with Crippen LogP contribution in [-0.4, -0.2) is 32.3 Å². The Kier molecular flexibility index (Phi) is 6.98. The molecule has 0 fully saturated rings. The monoisotopic (exact) mass is 581 g/mol. The van der Waals surface area contributed by atoms with Crippen LogP contribution in [-0.2, 0) is 7.05 Å². The van der Waals surface area contributed by atoms with E-state index in [0.29, 0.717) is 28.2 Å². The van der Waals surface area contributed by atoms with E-state index in [1.165, 1.54) is 45.8 Å². The van der Waals surface area contributed by atoms with Crippen molar-refractivity contribution in [2.45, 2.75) is 6.92 Å². The Balaban J connectivity index is 1.23. The minimum absolute atomic E-state index is 0.0627. The summed E-state index contributed by atoms with van der Waals surface area (Å²) in [6.07, 6.45) is 1.55. The molecule has 43 heavy (non-hydrogen) atoms. The van der Waals surface area contributed by atoms with Gasteiger partial charge in [-0.3, -0.25) is 14.3 Å². The molecule has 216 valence electrons. The number of ether oxygens (including phenoxy) is 2. The fourth-order valence-corrected chi connectivity index (χ4v) is 4.83. The van der Waals surface area contributed by atoms with Crippen molar-refractivity contribution < 1.29 is 23.0 Å². The topological polar surface area (TPSA) is 103 Å². The van der Waals surface area contributed by atoms with Gasteiger partial charge in [-0.2, -0.15) is 0 Å². The molecule has 0 saturated heterocycles. The van der Waals surface area contributed by atoms with E-state index in [-0.39, 0.29) is 17.0 Å². The first kappa shape index (κ1) is 27.5. The van der Waals surface area contributed by atoms with Gasteiger partial charge in [0.2, 0.25) is 0 Å². The molecule has 0 saturated carbocycles. The number of halogens is 2. The minimum Gasteiger partial charge on any atom is -0.497 e. The number of hydrogen-bond acceptors (Lipinski definition) is 5. The van der Waals surface area contributed by atoms with Gasteiger partial charge in [-0.05, 0) is 85.3 Å². The lowest BCUT2D eigenvalue weighted by molar-refractivity contribution is 0.102. The summed E-state index contributed by atoms with van der Waals surface area (Å²) in [7, 11) is 3.21. The Morgan fingerprint density at radius 2 is 1.70 bits per heavy atom. The summed E-state index contributed by atoms with van der Waals surface area (Å²) in [5.41, 5.74) is 2.48. The zero-order valence-electron chi connectivity index (χ0n) is 23.3.